The number of hydrogen-bond acceptors (Lipinski definition) is 6. The summed E-state index contributed by atoms with van der Waals surface area (Å²) in [6.07, 6.45) is 0.668. The van der Waals surface area contributed by atoms with E-state index < -0.39 is 40.2 Å². The molecule has 0 fully saturated rings. The number of carbonyl (C=O) groups excluding carboxylic acids is 2. The Kier molecular flexibility index (Phi) is 10.9. The average molecular weight is 600 g/mol. The molecule has 0 aliphatic carbocycles. The third kappa shape index (κ3) is 7.58. The highest BCUT2D eigenvalue weighted by Crippen LogP contribution is 2.34. The summed E-state index contributed by atoms with van der Waals surface area (Å²) in [5, 5.41) is 2.85. The first kappa shape index (κ1) is 32.4. The van der Waals surface area contributed by atoms with Crippen LogP contribution in [0.4, 0.5) is 10.1 Å². The number of methoxy groups -OCH3 is 2. The molecule has 9 nitrogen and oxygen atoms in total. The zero-order valence-electron chi connectivity index (χ0n) is 24.8. The lowest BCUT2D eigenvalue weighted by atomic mass is 10.1. The van der Waals surface area contributed by atoms with E-state index >= 15 is 0 Å². The van der Waals surface area contributed by atoms with E-state index in [1.165, 1.54) is 74.6 Å². The highest BCUT2D eigenvalue weighted by molar-refractivity contribution is 7.92. The summed E-state index contributed by atoms with van der Waals surface area (Å²) in [4.78, 5) is 28.3. The molecule has 0 saturated heterocycles. The van der Waals surface area contributed by atoms with Gasteiger partial charge in [-0.05, 0) is 57.5 Å². The first-order chi connectivity index (χ1) is 19.9. The fraction of sp³-hybridized carbons (Fsp3) is 0.355. The van der Waals surface area contributed by atoms with Crippen LogP contribution in [0, 0.1) is 12.7 Å². The van der Waals surface area contributed by atoms with Crippen molar-refractivity contribution in [1.82, 2.24) is 10.2 Å². The molecular formula is C31H38FN3O6S. The van der Waals surface area contributed by atoms with Crippen molar-refractivity contribution in [1.29, 1.82) is 0 Å². The summed E-state index contributed by atoms with van der Waals surface area (Å²) in [5.74, 6) is -1.05. The fourth-order valence-corrected chi connectivity index (χ4v) is 5.61. The normalized spacial score (nSPS) is 12.6. The number of anilines is 1. The minimum Gasteiger partial charge on any atom is -0.493 e. The Hall–Kier alpha value is -4.12. The summed E-state index contributed by atoms with van der Waals surface area (Å²) in [6, 6.07) is 15.5. The third-order valence-corrected chi connectivity index (χ3v) is 8.80. The van der Waals surface area contributed by atoms with Gasteiger partial charge in [0.25, 0.3) is 10.0 Å². The van der Waals surface area contributed by atoms with Crippen LogP contribution in [-0.2, 0) is 26.2 Å². The van der Waals surface area contributed by atoms with Crippen molar-refractivity contribution in [2.45, 2.75) is 57.6 Å². The van der Waals surface area contributed by atoms with Crippen LogP contribution in [0.1, 0.15) is 38.3 Å². The van der Waals surface area contributed by atoms with E-state index in [-0.39, 0.29) is 34.5 Å². The Balaban J connectivity index is 2.10. The van der Waals surface area contributed by atoms with E-state index in [0.29, 0.717) is 12.2 Å². The lowest BCUT2D eigenvalue weighted by Gasteiger charge is -2.32. The van der Waals surface area contributed by atoms with Crippen LogP contribution in [0.2, 0.25) is 0 Å². The quantitative estimate of drug-likeness (QED) is 0.306. The average Bonchev–Trinajstić information content (AvgIpc) is 2.98. The van der Waals surface area contributed by atoms with Gasteiger partial charge < -0.3 is 19.7 Å². The third-order valence-electron chi connectivity index (χ3n) is 7.01. The molecule has 0 spiro atoms. The first-order valence-electron chi connectivity index (χ1n) is 13.6. The molecule has 0 bridgehead atoms. The largest absolute Gasteiger partial charge is 0.493 e. The molecule has 3 aromatic rings. The zero-order valence-corrected chi connectivity index (χ0v) is 25.6. The second kappa shape index (κ2) is 14.2. The number of amides is 2. The number of hydrogen-bond donors (Lipinski definition) is 1. The Morgan fingerprint density at radius 1 is 0.952 bits per heavy atom. The summed E-state index contributed by atoms with van der Waals surface area (Å²) in [5.41, 5.74) is 1.19. The van der Waals surface area contributed by atoms with Crippen LogP contribution < -0.4 is 19.1 Å². The maximum Gasteiger partial charge on any atom is 0.264 e. The van der Waals surface area contributed by atoms with E-state index in [2.05, 4.69) is 5.32 Å². The van der Waals surface area contributed by atoms with Crippen molar-refractivity contribution in [3.8, 4) is 11.5 Å². The maximum atomic E-state index is 14.7. The molecule has 11 heteroatoms. The lowest BCUT2D eigenvalue weighted by molar-refractivity contribution is -0.139. The van der Waals surface area contributed by atoms with Gasteiger partial charge in [-0.15, -0.1) is 0 Å². The molecule has 0 aliphatic rings. The van der Waals surface area contributed by atoms with E-state index in [9.17, 15) is 22.4 Å². The van der Waals surface area contributed by atoms with Crippen molar-refractivity contribution in [3.05, 3.63) is 83.7 Å². The van der Waals surface area contributed by atoms with Gasteiger partial charge in [0.15, 0.2) is 11.5 Å². The molecule has 42 heavy (non-hydrogen) atoms. The molecule has 2 atom stereocenters. The summed E-state index contributed by atoms with van der Waals surface area (Å²) in [7, 11) is -1.41. The second-order valence-electron chi connectivity index (χ2n) is 9.97. The maximum absolute atomic E-state index is 14.7. The van der Waals surface area contributed by atoms with E-state index in [1.807, 2.05) is 20.8 Å². The summed E-state index contributed by atoms with van der Waals surface area (Å²) >= 11 is 0. The molecule has 0 radical (unpaired) electrons. The summed E-state index contributed by atoms with van der Waals surface area (Å²) in [6.45, 7) is 6.20. The molecule has 226 valence electrons. The predicted molar refractivity (Wildman–Crippen MR) is 160 cm³/mol. The molecule has 0 heterocycles. The summed E-state index contributed by atoms with van der Waals surface area (Å²) < 4.78 is 54.3. The predicted octanol–water partition coefficient (Wildman–Crippen LogP) is 4.68. The van der Waals surface area contributed by atoms with Gasteiger partial charge in [0.05, 0.1) is 24.8 Å². The Morgan fingerprint density at radius 2 is 1.60 bits per heavy atom. The lowest BCUT2D eigenvalue weighted by Crippen LogP contribution is -2.52. The standard InChI is InChI=1S/C31H38FN3O6S/c1-7-22(3)33-31(37)23(4)34(19-24-10-8-9-11-27(24)32)30(36)20-35(25-14-17-28(40-5)29(18-25)41-6)42(38,39)26-15-12-21(2)13-16-26/h8-18,22-23H,7,19-20H2,1-6H3,(H,33,37). The topological polar surface area (TPSA) is 105 Å². The van der Waals surface area contributed by atoms with Crippen molar-refractivity contribution < 1.29 is 31.9 Å². The van der Waals surface area contributed by atoms with Gasteiger partial charge >= 0.3 is 0 Å². The van der Waals surface area contributed by atoms with Gasteiger partial charge in [-0.25, -0.2) is 12.8 Å². The fourth-order valence-electron chi connectivity index (χ4n) is 4.20. The Morgan fingerprint density at radius 3 is 2.19 bits per heavy atom. The van der Waals surface area contributed by atoms with Crippen LogP contribution >= 0.6 is 0 Å². The van der Waals surface area contributed by atoms with Gasteiger partial charge in [-0.1, -0.05) is 42.8 Å². The zero-order chi connectivity index (χ0) is 31.0. The van der Waals surface area contributed by atoms with E-state index in [1.54, 1.807) is 18.2 Å². The number of sulfonamides is 1. The highest BCUT2D eigenvalue weighted by Gasteiger charge is 2.33. The number of aryl methyl sites for hydroxylation is 1. The van der Waals surface area contributed by atoms with Gasteiger partial charge in [-0.2, -0.15) is 0 Å². The monoisotopic (exact) mass is 599 g/mol. The van der Waals surface area contributed by atoms with Crippen LogP contribution in [0.15, 0.2) is 71.6 Å². The van der Waals surface area contributed by atoms with Crippen molar-refractivity contribution >= 4 is 27.5 Å². The minimum atomic E-state index is -4.28. The first-order valence-corrected chi connectivity index (χ1v) is 15.0. The smallest absolute Gasteiger partial charge is 0.264 e. The molecule has 0 saturated carbocycles. The minimum absolute atomic E-state index is 0.0288. The van der Waals surface area contributed by atoms with Crippen LogP contribution in [-0.4, -0.2) is 58.0 Å². The van der Waals surface area contributed by atoms with Gasteiger partial charge in [-0.3, -0.25) is 13.9 Å². The molecule has 0 aliphatic heterocycles. The van der Waals surface area contributed by atoms with E-state index in [4.69, 9.17) is 9.47 Å². The van der Waals surface area contributed by atoms with Crippen molar-refractivity contribution in [2.75, 3.05) is 25.1 Å². The molecule has 1 N–H and O–H groups in total. The van der Waals surface area contributed by atoms with E-state index in [0.717, 1.165) is 9.87 Å². The molecule has 3 aromatic carbocycles. The van der Waals surface area contributed by atoms with Gasteiger partial charge in [0, 0.05) is 24.2 Å². The molecular weight excluding hydrogens is 561 g/mol. The SMILES string of the molecule is CCC(C)NC(=O)C(C)N(Cc1ccccc1F)C(=O)CN(c1ccc(OC)c(OC)c1)S(=O)(=O)c1ccc(C)cc1. The van der Waals surface area contributed by atoms with Gasteiger partial charge in [0.2, 0.25) is 11.8 Å². The Labute approximate surface area is 247 Å². The second-order valence-corrected chi connectivity index (χ2v) is 11.8. The molecule has 2 amide bonds. The number of nitrogens with one attached hydrogen (secondary N) is 1. The molecule has 3 rings (SSSR count). The number of rotatable bonds is 13. The molecule has 0 aromatic heterocycles. The van der Waals surface area contributed by atoms with Crippen molar-refractivity contribution in [3.63, 3.8) is 0 Å². The molecule has 2 unspecified atom stereocenters. The number of ether oxygens (including phenoxy) is 2. The highest BCUT2D eigenvalue weighted by atomic mass is 32.2. The van der Waals surface area contributed by atoms with Crippen LogP contribution in [0.5, 0.6) is 11.5 Å². The van der Waals surface area contributed by atoms with Crippen LogP contribution in [0.3, 0.4) is 0 Å². The van der Waals surface area contributed by atoms with Gasteiger partial charge in [0.1, 0.15) is 18.4 Å². The van der Waals surface area contributed by atoms with Crippen molar-refractivity contribution in [2.24, 2.45) is 0 Å². The Bertz CT molecular complexity index is 1500. The number of halogens is 1. The number of carbonyl (C=O) groups is 2. The number of nitrogens with zero attached hydrogens (tertiary/aromatic N) is 2. The number of benzene rings is 3. The van der Waals surface area contributed by atoms with Crippen LogP contribution in [0.25, 0.3) is 0 Å².